The molecule has 1 aromatic heterocycles. The van der Waals surface area contributed by atoms with E-state index in [1.54, 1.807) is 17.5 Å². The molecule has 2 aromatic rings. The van der Waals surface area contributed by atoms with Crippen molar-refractivity contribution >= 4 is 27.3 Å². The number of sulfonamides is 1. The number of piperidine rings is 1. The summed E-state index contributed by atoms with van der Waals surface area (Å²) in [5.74, 6) is 1.09. The predicted octanol–water partition coefficient (Wildman–Crippen LogP) is 3.19. The quantitative estimate of drug-likeness (QED) is 0.680. The fourth-order valence-electron chi connectivity index (χ4n) is 4.15. The van der Waals surface area contributed by atoms with Crippen LogP contribution in [-0.2, 0) is 27.8 Å². The molecule has 9 heteroatoms. The lowest BCUT2D eigenvalue weighted by molar-refractivity contribution is -0.126. The molecule has 1 amide bonds. The molecule has 2 aliphatic rings. The van der Waals surface area contributed by atoms with Gasteiger partial charge in [0.25, 0.3) is 10.0 Å². The number of carbonyl (C=O) groups is 1. The van der Waals surface area contributed by atoms with Gasteiger partial charge in [0.1, 0.15) is 21.8 Å². The maximum absolute atomic E-state index is 12.9. The Labute approximate surface area is 187 Å². The summed E-state index contributed by atoms with van der Waals surface area (Å²) in [6, 6.07) is 7.27. The summed E-state index contributed by atoms with van der Waals surface area (Å²) < 4.78 is 39.0. The number of nitrogens with zero attached hydrogens (tertiary/aromatic N) is 1. The Morgan fingerprint density at radius 2 is 2.23 bits per heavy atom. The van der Waals surface area contributed by atoms with Crippen molar-refractivity contribution in [2.24, 2.45) is 5.92 Å². The molecular formula is C22H28N2O5S2. The van der Waals surface area contributed by atoms with E-state index in [0.29, 0.717) is 36.7 Å². The highest BCUT2D eigenvalue weighted by molar-refractivity contribution is 7.91. The molecule has 2 aliphatic heterocycles. The Morgan fingerprint density at radius 1 is 1.39 bits per heavy atom. The number of amides is 1. The summed E-state index contributed by atoms with van der Waals surface area (Å²) in [5.41, 5.74) is 1.98. The van der Waals surface area contributed by atoms with Crippen LogP contribution in [0.1, 0.15) is 37.8 Å². The molecule has 0 bridgehead atoms. The minimum Gasteiger partial charge on any atom is -0.494 e. The van der Waals surface area contributed by atoms with E-state index in [4.69, 9.17) is 9.47 Å². The molecule has 2 atom stereocenters. The molecule has 1 N–H and O–H groups in total. The standard InChI is InChI=1S/C22H28N2O5S2/c1-3-28-19-11-17-10-15(2)29-20(17)12-18(19)13-23-22(25)16-6-4-8-24(14-16)31(26,27)21-7-5-9-30-21/h5,7,9,11-12,15-16H,3-4,6,8,10,13-14H2,1-2H3,(H,23,25)/t15-,16-/m1/s1. The lowest BCUT2D eigenvalue weighted by Gasteiger charge is -2.30. The van der Waals surface area contributed by atoms with Crippen LogP contribution in [0.2, 0.25) is 0 Å². The number of benzene rings is 1. The van der Waals surface area contributed by atoms with E-state index in [-0.39, 0.29) is 24.5 Å². The maximum Gasteiger partial charge on any atom is 0.252 e. The summed E-state index contributed by atoms with van der Waals surface area (Å²) in [4.78, 5) is 12.9. The number of hydrogen-bond acceptors (Lipinski definition) is 6. The Bertz CT molecular complexity index is 1040. The van der Waals surface area contributed by atoms with Gasteiger partial charge in [0, 0.05) is 37.2 Å². The zero-order valence-electron chi connectivity index (χ0n) is 17.8. The number of hydrogen-bond donors (Lipinski definition) is 1. The molecule has 1 saturated heterocycles. The van der Waals surface area contributed by atoms with Gasteiger partial charge in [0.05, 0.1) is 12.5 Å². The van der Waals surface area contributed by atoms with Gasteiger partial charge in [-0.15, -0.1) is 11.3 Å². The molecule has 1 aromatic carbocycles. The Kier molecular flexibility index (Phi) is 6.55. The first-order valence-corrected chi connectivity index (χ1v) is 13.0. The average molecular weight is 465 g/mol. The van der Waals surface area contributed by atoms with Crippen LogP contribution < -0.4 is 14.8 Å². The molecular weight excluding hydrogens is 436 g/mol. The molecule has 0 radical (unpaired) electrons. The van der Waals surface area contributed by atoms with E-state index in [9.17, 15) is 13.2 Å². The van der Waals surface area contributed by atoms with Crippen LogP contribution in [0.4, 0.5) is 0 Å². The Balaban J connectivity index is 1.43. The number of carbonyl (C=O) groups excluding carboxylic acids is 1. The Hall–Kier alpha value is -2.10. The molecule has 31 heavy (non-hydrogen) atoms. The average Bonchev–Trinajstić information content (AvgIpc) is 3.41. The van der Waals surface area contributed by atoms with Crippen LogP contribution in [0.3, 0.4) is 0 Å². The van der Waals surface area contributed by atoms with E-state index in [0.717, 1.165) is 29.0 Å². The van der Waals surface area contributed by atoms with Crippen LogP contribution in [0.25, 0.3) is 0 Å². The van der Waals surface area contributed by atoms with Gasteiger partial charge in [-0.25, -0.2) is 8.42 Å². The van der Waals surface area contributed by atoms with E-state index >= 15 is 0 Å². The van der Waals surface area contributed by atoms with Gasteiger partial charge in [-0.05, 0) is 50.3 Å². The van der Waals surface area contributed by atoms with Crippen LogP contribution >= 0.6 is 11.3 Å². The first kappa shape index (κ1) is 22.1. The monoisotopic (exact) mass is 464 g/mol. The van der Waals surface area contributed by atoms with Crippen LogP contribution in [-0.4, -0.2) is 44.4 Å². The predicted molar refractivity (Wildman–Crippen MR) is 119 cm³/mol. The molecule has 7 nitrogen and oxygen atoms in total. The Morgan fingerprint density at radius 3 is 2.97 bits per heavy atom. The number of thiophene rings is 1. The SMILES string of the molecule is CCOc1cc2c(cc1CNC(=O)[C@@H]1CCCN(S(=O)(=O)c3cccs3)C1)O[C@H](C)C2. The van der Waals surface area contributed by atoms with Crippen molar-refractivity contribution in [3.8, 4) is 11.5 Å². The molecule has 0 aliphatic carbocycles. The summed E-state index contributed by atoms with van der Waals surface area (Å²) in [7, 11) is -3.54. The molecule has 3 heterocycles. The third-order valence-corrected chi connectivity index (χ3v) is 8.91. The fourth-order valence-corrected chi connectivity index (χ4v) is 6.82. The molecule has 1 fully saturated rings. The molecule has 0 unspecified atom stereocenters. The molecule has 0 spiro atoms. The van der Waals surface area contributed by atoms with Crippen molar-refractivity contribution in [1.82, 2.24) is 9.62 Å². The first-order valence-electron chi connectivity index (χ1n) is 10.6. The van der Waals surface area contributed by atoms with Crippen molar-refractivity contribution in [2.75, 3.05) is 19.7 Å². The lowest BCUT2D eigenvalue weighted by Crippen LogP contribution is -2.45. The molecule has 4 rings (SSSR count). The third-order valence-electron chi connectivity index (χ3n) is 5.68. The van der Waals surface area contributed by atoms with Crippen molar-refractivity contribution < 1.29 is 22.7 Å². The summed E-state index contributed by atoms with van der Waals surface area (Å²) in [6.45, 7) is 5.45. The minimum absolute atomic E-state index is 0.132. The van der Waals surface area contributed by atoms with E-state index in [1.165, 1.54) is 15.6 Å². The smallest absolute Gasteiger partial charge is 0.252 e. The van der Waals surface area contributed by atoms with Gasteiger partial charge in [-0.3, -0.25) is 4.79 Å². The van der Waals surface area contributed by atoms with Gasteiger partial charge >= 0.3 is 0 Å². The zero-order chi connectivity index (χ0) is 22.0. The second kappa shape index (κ2) is 9.18. The van der Waals surface area contributed by atoms with Crippen molar-refractivity contribution in [1.29, 1.82) is 0 Å². The number of fused-ring (bicyclic) bond motifs is 1. The normalized spacial score (nSPS) is 21.4. The van der Waals surface area contributed by atoms with Crippen LogP contribution in [0.5, 0.6) is 11.5 Å². The first-order chi connectivity index (χ1) is 14.9. The highest BCUT2D eigenvalue weighted by Gasteiger charge is 2.34. The molecule has 0 saturated carbocycles. The number of rotatable bonds is 7. The minimum atomic E-state index is -3.54. The highest BCUT2D eigenvalue weighted by Crippen LogP contribution is 2.35. The number of nitrogens with one attached hydrogen (secondary N) is 1. The van der Waals surface area contributed by atoms with Gasteiger partial charge in [-0.1, -0.05) is 6.07 Å². The second-order valence-electron chi connectivity index (χ2n) is 7.99. The van der Waals surface area contributed by atoms with Crippen LogP contribution in [0, 0.1) is 5.92 Å². The van der Waals surface area contributed by atoms with Crippen LogP contribution in [0.15, 0.2) is 33.9 Å². The fraction of sp³-hybridized carbons (Fsp3) is 0.500. The number of ether oxygens (including phenoxy) is 2. The van der Waals surface area contributed by atoms with Crippen molar-refractivity contribution in [3.05, 3.63) is 40.8 Å². The summed E-state index contributed by atoms with van der Waals surface area (Å²) >= 11 is 1.20. The summed E-state index contributed by atoms with van der Waals surface area (Å²) in [5, 5.41) is 4.73. The maximum atomic E-state index is 12.9. The van der Waals surface area contributed by atoms with Gasteiger partial charge in [0.2, 0.25) is 5.91 Å². The van der Waals surface area contributed by atoms with Crippen molar-refractivity contribution in [2.45, 2.75) is 50.0 Å². The third kappa shape index (κ3) is 4.73. The zero-order valence-corrected chi connectivity index (χ0v) is 19.4. The largest absolute Gasteiger partial charge is 0.494 e. The lowest BCUT2D eigenvalue weighted by atomic mass is 9.98. The second-order valence-corrected chi connectivity index (χ2v) is 11.1. The summed E-state index contributed by atoms with van der Waals surface area (Å²) in [6.07, 6.45) is 2.31. The van der Waals surface area contributed by atoms with Crippen molar-refractivity contribution in [3.63, 3.8) is 0 Å². The van der Waals surface area contributed by atoms with E-state index in [2.05, 4.69) is 5.32 Å². The topological polar surface area (TPSA) is 84.9 Å². The van der Waals surface area contributed by atoms with Gasteiger partial charge < -0.3 is 14.8 Å². The highest BCUT2D eigenvalue weighted by atomic mass is 32.2. The van der Waals surface area contributed by atoms with Gasteiger partial charge in [0.15, 0.2) is 0 Å². The van der Waals surface area contributed by atoms with E-state index < -0.39 is 10.0 Å². The molecule has 168 valence electrons. The van der Waals surface area contributed by atoms with E-state index in [1.807, 2.05) is 26.0 Å². The van der Waals surface area contributed by atoms with Gasteiger partial charge in [-0.2, -0.15) is 4.31 Å².